The van der Waals surface area contributed by atoms with Gasteiger partial charge < -0.3 is 10.2 Å². The van der Waals surface area contributed by atoms with Crippen LogP contribution in [0.25, 0.3) is 0 Å². The zero-order chi connectivity index (χ0) is 19.0. The predicted octanol–water partition coefficient (Wildman–Crippen LogP) is 6.18. The van der Waals surface area contributed by atoms with Gasteiger partial charge in [0.2, 0.25) is 0 Å². The van der Waals surface area contributed by atoms with E-state index < -0.39 is 0 Å². The largest absolute Gasteiger partial charge is 0.361 e. The van der Waals surface area contributed by atoms with Gasteiger partial charge in [0.25, 0.3) is 5.91 Å². The smallest absolute Gasteiger partial charge is 0.256 e. The fourth-order valence-corrected chi connectivity index (χ4v) is 3.91. The van der Waals surface area contributed by atoms with Gasteiger partial charge in [-0.1, -0.05) is 70.0 Å². The quantitative estimate of drug-likeness (QED) is 0.524. The molecule has 0 saturated heterocycles. The van der Waals surface area contributed by atoms with Gasteiger partial charge in [0.15, 0.2) is 0 Å². The summed E-state index contributed by atoms with van der Waals surface area (Å²) in [7, 11) is 0. The number of hydrogen-bond acceptors (Lipinski definition) is 2. The van der Waals surface area contributed by atoms with E-state index in [1.165, 1.54) is 0 Å². The van der Waals surface area contributed by atoms with Gasteiger partial charge in [-0.25, -0.2) is 0 Å². The maximum Gasteiger partial charge on any atom is 0.256 e. The third-order valence-corrected chi connectivity index (χ3v) is 6.06. The van der Waals surface area contributed by atoms with E-state index >= 15 is 0 Å². The lowest BCUT2D eigenvalue weighted by molar-refractivity contribution is 0.0729. The van der Waals surface area contributed by atoms with Crippen molar-refractivity contribution in [2.45, 2.75) is 19.6 Å². The molecule has 5 heteroatoms. The van der Waals surface area contributed by atoms with Crippen LogP contribution in [-0.4, -0.2) is 10.8 Å². The number of rotatable bonds is 4. The van der Waals surface area contributed by atoms with Gasteiger partial charge in [0.1, 0.15) is 6.17 Å². The lowest BCUT2D eigenvalue weighted by Crippen LogP contribution is -2.32. The molecule has 1 aliphatic rings. The molecule has 1 atom stereocenters. The van der Waals surface area contributed by atoms with Crippen molar-refractivity contribution in [1.82, 2.24) is 4.90 Å². The van der Waals surface area contributed by atoms with Crippen molar-refractivity contribution < 1.29 is 4.79 Å². The number of amides is 1. The van der Waals surface area contributed by atoms with Crippen LogP contribution in [0.2, 0.25) is 5.02 Å². The van der Waals surface area contributed by atoms with Crippen molar-refractivity contribution in [2.24, 2.45) is 0 Å². The summed E-state index contributed by atoms with van der Waals surface area (Å²) in [5.74, 6) is 0.00852. The van der Waals surface area contributed by atoms with E-state index in [1.807, 2.05) is 78.6 Å². The summed E-state index contributed by atoms with van der Waals surface area (Å²) in [6.07, 6.45) is -0.250. The fraction of sp³-hybridized carbons (Fsp3) is 0.136. The Morgan fingerprint density at radius 3 is 2.59 bits per heavy atom. The molecule has 136 valence electrons. The Morgan fingerprint density at radius 1 is 1.07 bits per heavy atom. The highest BCUT2D eigenvalue weighted by Gasteiger charge is 2.36. The van der Waals surface area contributed by atoms with E-state index in [0.717, 1.165) is 32.4 Å². The molecule has 0 saturated carbocycles. The van der Waals surface area contributed by atoms with Crippen molar-refractivity contribution in [2.75, 3.05) is 5.32 Å². The van der Waals surface area contributed by atoms with Crippen LogP contribution < -0.4 is 5.32 Å². The number of nitrogens with one attached hydrogen (secondary N) is 1. The molecule has 1 heterocycles. The first-order valence-corrected chi connectivity index (χ1v) is 9.87. The summed E-state index contributed by atoms with van der Waals surface area (Å²) >= 11 is 9.92. The second kappa shape index (κ2) is 7.37. The summed E-state index contributed by atoms with van der Waals surface area (Å²) < 4.78 is 1.03. The topological polar surface area (TPSA) is 32.3 Å². The van der Waals surface area contributed by atoms with E-state index in [0.29, 0.717) is 11.6 Å². The minimum Gasteiger partial charge on any atom is -0.361 e. The second-order valence-corrected chi connectivity index (χ2v) is 7.88. The van der Waals surface area contributed by atoms with E-state index in [2.05, 4.69) is 21.2 Å². The highest BCUT2D eigenvalue weighted by Crippen LogP contribution is 2.36. The average Bonchev–Trinajstić information content (AvgIpc) is 2.92. The third-order valence-electron chi connectivity index (χ3n) is 4.83. The summed E-state index contributed by atoms with van der Waals surface area (Å²) in [5.41, 5.74) is 4.75. The molecule has 0 unspecified atom stereocenters. The summed E-state index contributed by atoms with van der Waals surface area (Å²) in [5, 5.41) is 4.18. The minimum atomic E-state index is -0.250. The van der Waals surface area contributed by atoms with Gasteiger partial charge in [0.05, 0.1) is 0 Å². The molecule has 3 aromatic carbocycles. The van der Waals surface area contributed by atoms with Crippen LogP contribution in [0, 0.1) is 6.92 Å². The van der Waals surface area contributed by atoms with Crippen molar-refractivity contribution >= 4 is 39.1 Å². The maximum atomic E-state index is 13.1. The number of aryl methyl sites for hydroxylation is 1. The number of halogens is 2. The molecular formula is C22H18BrClN2O. The normalized spacial score (nSPS) is 15.7. The molecule has 3 nitrogen and oxygen atoms in total. The number of benzene rings is 3. The zero-order valence-electron chi connectivity index (χ0n) is 14.7. The molecule has 1 aliphatic heterocycles. The van der Waals surface area contributed by atoms with Crippen LogP contribution in [-0.2, 0) is 6.54 Å². The molecule has 27 heavy (non-hydrogen) atoms. The molecule has 1 N–H and O–H groups in total. The molecule has 0 aliphatic carbocycles. The van der Waals surface area contributed by atoms with E-state index in [-0.39, 0.29) is 12.1 Å². The second-order valence-electron chi connectivity index (χ2n) is 6.62. The molecular weight excluding hydrogens is 424 g/mol. The molecule has 3 aromatic rings. The number of carbonyl (C=O) groups excluding carboxylic acids is 1. The Hall–Kier alpha value is -2.30. The zero-order valence-corrected chi connectivity index (χ0v) is 17.1. The lowest BCUT2D eigenvalue weighted by atomic mass is 10.1. The number of anilines is 1. The fourth-order valence-electron chi connectivity index (χ4n) is 3.34. The first-order chi connectivity index (χ1) is 13.0. The number of carbonyl (C=O) groups is 1. The highest BCUT2D eigenvalue weighted by atomic mass is 79.9. The van der Waals surface area contributed by atoms with Crippen molar-refractivity contribution in [3.63, 3.8) is 0 Å². The van der Waals surface area contributed by atoms with Crippen molar-refractivity contribution in [3.8, 4) is 0 Å². The monoisotopic (exact) mass is 440 g/mol. The lowest BCUT2D eigenvalue weighted by Gasteiger charge is -2.27. The Kier molecular flexibility index (Phi) is 4.94. The standard InChI is InChI=1S/C22H18BrClN2O/c1-14-10-11-16(12-19(14)23)25-21-17-7-3-4-8-18(17)22(27)26(21)13-15-6-2-5-9-20(15)24/h2-12,21,25H,13H2,1H3/t21-/m0/s1. The van der Waals surface area contributed by atoms with E-state index in [9.17, 15) is 4.79 Å². The highest BCUT2D eigenvalue weighted by molar-refractivity contribution is 9.10. The Bertz CT molecular complexity index is 1020. The third kappa shape index (κ3) is 3.47. The van der Waals surface area contributed by atoms with E-state index in [1.54, 1.807) is 0 Å². The number of hydrogen-bond donors (Lipinski definition) is 1. The Morgan fingerprint density at radius 2 is 1.81 bits per heavy atom. The first-order valence-electron chi connectivity index (χ1n) is 8.70. The minimum absolute atomic E-state index is 0.00852. The summed E-state index contributed by atoms with van der Waals surface area (Å²) in [4.78, 5) is 14.9. The van der Waals surface area contributed by atoms with Gasteiger partial charge >= 0.3 is 0 Å². The van der Waals surface area contributed by atoms with Crippen LogP contribution in [0.15, 0.2) is 71.2 Å². The van der Waals surface area contributed by atoms with Crippen LogP contribution in [0.3, 0.4) is 0 Å². The summed E-state index contributed by atoms with van der Waals surface area (Å²) in [6, 6.07) is 21.5. The van der Waals surface area contributed by atoms with Crippen molar-refractivity contribution in [1.29, 1.82) is 0 Å². The van der Waals surface area contributed by atoms with Crippen LogP contribution in [0.5, 0.6) is 0 Å². The SMILES string of the molecule is Cc1ccc(N[C@@H]2c3ccccc3C(=O)N2Cc2ccccc2Cl)cc1Br. The van der Waals surface area contributed by atoms with E-state index in [4.69, 9.17) is 11.6 Å². The van der Waals surface area contributed by atoms with Crippen LogP contribution in [0.1, 0.15) is 33.2 Å². The van der Waals surface area contributed by atoms with Crippen LogP contribution >= 0.6 is 27.5 Å². The van der Waals surface area contributed by atoms with Gasteiger partial charge in [-0.05, 0) is 42.3 Å². The molecule has 0 bridgehead atoms. The van der Waals surface area contributed by atoms with Gasteiger partial charge in [-0.15, -0.1) is 0 Å². The first kappa shape index (κ1) is 18.1. The molecule has 0 spiro atoms. The number of fused-ring (bicyclic) bond motifs is 1. The molecule has 4 rings (SSSR count). The molecule has 0 radical (unpaired) electrons. The summed E-state index contributed by atoms with van der Waals surface area (Å²) in [6.45, 7) is 2.49. The predicted molar refractivity (Wildman–Crippen MR) is 113 cm³/mol. The van der Waals surface area contributed by atoms with Gasteiger partial charge in [-0.3, -0.25) is 4.79 Å². The maximum absolute atomic E-state index is 13.1. The molecule has 0 fully saturated rings. The van der Waals surface area contributed by atoms with Gasteiger partial charge in [-0.2, -0.15) is 0 Å². The molecule has 1 amide bonds. The molecule has 0 aromatic heterocycles. The van der Waals surface area contributed by atoms with Crippen molar-refractivity contribution in [3.05, 3.63) is 98.5 Å². The Balaban J connectivity index is 1.71. The average molecular weight is 442 g/mol. The number of nitrogens with zero attached hydrogens (tertiary/aromatic N) is 1. The van der Waals surface area contributed by atoms with Gasteiger partial charge in [0, 0.05) is 32.9 Å². The van der Waals surface area contributed by atoms with Crippen LogP contribution in [0.4, 0.5) is 5.69 Å². The Labute approximate surface area is 172 Å².